The highest BCUT2D eigenvalue weighted by molar-refractivity contribution is 8.01. The lowest BCUT2D eigenvalue weighted by Gasteiger charge is -1.96. The molecule has 0 atom stereocenters. The van der Waals surface area contributed by atoms with E-state index in [1.165, 1.54) is 23.5 Å². The van der Waals surface area contributed by atoms with Gasteiger partial charge in [-0.05, 0) is 36.4 Å². The monoisotopic (exact) mass is 424 g/mol. The Balaban J connectivity index is 1.34. The molecule has 0 fully saturated rings. The number of nitrogens with zero attached hydrogens (tertiary/aromatic N) is 2. The van der Waals surface area contributed by atoms with Gasteiger partial charge in [-0.25, -0.2) is 9.97 Å². The highest BCUT2D eigenvalue weighted by Gasteiger charge is 2.13. The van der Waals surface area contributed by atoms with Gasteiger partial charge in [0.25, 0.3) is 10.4 Å². The molecule has 0 aliphatic heterocycles. The number of carbonyl (C=O) groups is 1. The second-order valence-electron chi connectivity index (χ2n) is 5.30. The average molecular weight is 425 g/mol. The van der Waals surface area contributed by atoms with Gasteiger partial charge in [-0.1, -0.05) is 46.7 Å². The Bertz CT molecular complexity index is 1020. The van der Waals surface area contributed by atoms with Gasteiger partial charge in [0.2, 0.25) is 0 Å². The first-order valence-electron chi connectivity index (χ1n) is 7.46. The van der Waals surface area contributed by atoms with Crippen LogP contribution in [-0.2, 0) is 4.79 Å². The van der Waals surface area contributed by atoms with Crippen molar-refractivity contribution in [3.8, 4) is 0 Å². The molecule has 0 amide bonds. The molecule has 26 heavy (non-hydrogen) atoms. The lowest BCUT2D eigenvalue weighted by molar-refractivity contribution is -0.114. The van der Waals surface area contributed by atoms with Gasteiger partial charge in [0.1, 0.15) is 11.0 Å². The molecular formula is C17H10Cl2N2O3S2. The van der Waals surface area contributed by atoms with Crippen LogP contribution in [0.2, 0.25) is 10.0 Å². The predicted molar refractivity (Wildman–Crippen MR) is 104 cm³/mol. The second-order valence-corrected chi connectivity index (χ2v) is 8.03. The van der Waals surface area contributed by atoms with Crippen molar-refractivity contribution in [3.63, 3.8) is 0 Å². The van der Waals surface area contributed by atoms with E-state index in [4.69, 9.17) is 32.0 Å². The number of halogens is 2. The Kier molecular flexibility index (Phi) is 5.13. The molecule has 0 saturated heterocycles. The van der Waals surface area contributed by atoms with Gasteiger partial charge in [0.15, 0.2) is 16.9 Å². The maximum absolute atomic E-state index is 12.1. The van der Waals surface area contributed by atoms with E-state index in [0.717, 1.165) is 0 Å². The van der Waals surface area contributed by atoms with Gasteiger partial charge < -0.3 is 8.83 Å². The van der Waals surface area contributed by atoms with E-state index in [1.54, 1.807) is 36.4 Å². The number of oxazole rings is 2. The Morgan fingerprint density at radius 3 is 1.77 bits per heavy atom. The van der Waals surface area contributed by atoms with Crippen LogP contribution in [0, 0.1) is 0 Å². The molecule has 0 unspecified atom stereocenters. The summed E-state index contributed by atoms with van der Waals surface area (Å²) in [6, 6.07) is 10.4. The number of Topliss-reactive ketones (excluding diaryl/α,β-unsaturated/α-hetero) is 1. The van der Waals surface area contributed by atoms with Crippen molar-refractivity contribution in [1.82, 2.24) is 9.97 Å². The van der Waals surface area contributed by atoms with Crippen molar-refractivity contribution < 1.29 is 13.6 Å². The Morgan fingerprint density at radius 1 is 0.846 bits per heavy atom. The lowest BCUT2D eigenvalue weighted by Crippen LogP contribution is -2.04. The van der Waals surface area contributed by atoms with Gasteiger partial charge in [0, 0.05) is 10.0 Å². The topological polar surface area (TPSA) is 69.1 Å². The molecule has 0 radical (unpaired) electrons. The molecule has 0 aliphatic rings. The molecule has 4 aromatic rings. The number of carbonyl (C=O) groups excluding carboxylic acids is 1. The minimum absolute atomic E-state index is 0.0283. The van der Waals surface area contributed by atoms with Crippen LogP contribution in [0.15, 0.2) is 55.7 Å². The fourth-order valence-electron chi connectivity index (χ4n) is 2.21. The largest absolute Gasteiger partial charge is 0.431 e. The highest BCUT2D eigenvalue weighted by Crippen LogP contribution is 2.28. The first-order valence-corrected chi connectivity index (χ1v) is 10.2. The zero-order valence-electron chi connectivity index (χ0n) is 13.1. The maximum Gasteiger partial charge on any atom is 0.257 e. The minimum atomic E-state index is 0.0283. The number of aromatic nitrogens is 2. The van der Waals surface area contributed by atoms with Gasteiger partial charge in [0.05, 0.1) is 11.5 Å². The molecule has 0 aliphatic carbocycles. The minimum Gasteiger partial charge on any atom is -0.431 e. The number of thioether (sulfide) groups is 2. The number of ketones is 1. The van der Waals surface area contributed by atoms with Crippen molar-refractivity contribution in [2.45, 2.75) is 10.4 Å². The summed E-state index contributed by atoms with van der Waals surface area (Å²) in [5.41, 5.74) is 2.63. The third-order valence-corrected chi connectivity index (χ3v) is 5.62. The summed E-state index contributed by atoms with van der Waals surface area (Å²) < 4.78 is 11.2. The van der Waals surface area contributed by atoms with E-state index in [1.807, 2.05) is 0 Å². The zero-order valence-corrected chi connectivity index (χ0v) is 16.2. The predicted octanol–water partition coefficient (Wildman–Crippen LogP) is 5.73. The smallest absolute Gasteiger partial charge is 0.257 e. The summed E-state index contributed by atoms with van der Waals surface area (Å²) in [5.74, 6) is 0.528. The molecule has 2 heterocycles. The molecule has 0 saturated carbocycles. The molecule has 132 valence electrons. The van der Waals surface area contributed by atoms with Crippen molar-refractivity contribution in [2.75, 3.05) is 11.5 Å². The zero-order chi connectivity index (χ0) is 18.1. The van der Waals surface area contributed by atoms with E-state index in [9.17, 15) is 4.79 Å². The summed E-state index contributed by atoms with van der Waals surface area (Å²) >= 11 is 14.4. The standard InChI is InChI=1S/C17H10Cl2N2O3S2/c18-9-1-3-14-12(5-9)20-16(23-14)25-7-11(22)8-26-17-21-13-6-10(19)2-4-15(13)24-17/h1-6H,7-8H2. The van der Waals surface area contributed by atoms with Crippen molar-refractivity contribution in [2.24, 2.45) is 0 Å². The van der Waals surface area contributed by atoms with Crippen molar-refractivity contribution >= 4 is 74.7 Å². The molecule has 0 bridgehead atoms. The van der Waals surface area contributed by atoms with E-state index >= 15 is 0 Å². The average Bonchev–Trinajstić information content (AvgIpc) is 3.20. The summed E-state index contributed by atoms with van der Waals surface area (Å²) in [4.78, 5) is 20.7. The van der Waals surface area contributed by atoms with Crippen LogP contribution in [0.1, 0.15) is 0 Å². The Hall–Kier alpha value is -1.67. The molecule has 4 rings (SSSR count). The molecular weight excluding hydrogens is 415 g/mol. The maximum atomic E-state index is 12.1. The number of rotatable bonds is 6. The van der Waals surface area contributed by atoms with Crippen molar-refractivity contribution in [1.29, 1.82) is 0 Å². The Morgan fingerprint density at radius 2 is 1.31 bits per heavy atom. The Labute approximate surface area is 166 Å². The summed E-state index contributed by atoms with van der Waals surface area (Å²) in [5, 5.41) is 2.07. The van der Waals surface area contributed by atoms with E-state index < -0.39 is 0 Å². The van der Waals surface area contributed by atoms with Gasteiger partial charge in [-0.15, -0.1) is 0 Å². The lowest BCUT2D eigenvalue weighted by atomic mass is 10.3. The highest BCUT2D eigenvalue weighted by atomic mass is 35.5. The molecule has 0 spiro atoms. The normalized spacial score (nSPS) is 11.5. The van der Waals surface area contributed by atoms with Crippen LogP contribution in [0.5, 0.6) is 0 Å². The molecule has 2 aromatic heterocycles. The quantitative estimate of drug-likeness (QED) is 0.366. The molecule has 2 aromatic carbocycles. The van der Waals surface area contributed by atoms with Crippen LogP contribution < -0.4 is 0 Å². The fraction of sp³-hybridized carbons (Fsp3) is 0.118. The summed E-state index contributed by atoms with van der Waals surface area (Å²) in [6.07, 6.45) is 0. The number of benzene rings is 2. The van der Waals surface area contributed by atoms with Crippen LogP contribution in [0.25, 0.3) is 22.2 Å². The molecule has 9 heteroatoms. The van der Waals surface area contributed by atoms with E-state index in [-0.39, 0.29) is 17.3 Å². The number of fused-ring (bicyclic) bond motifs is 2. The number of hydrogen-bond donors (Lipinski definition) is 0. The van der Waals surface area contributed by atoms with E-state index in [0.29, 0.717) is 42.7 Å². The first-order chi connectivity index (χ1) is 12.6. The summed E-state index contributed by atoms with van der Waals surface area (Å²) in [7, 11) is 0. The fourth-order valence-corrected chi connectivity index (χ4v) is 4.07. The first kappa shape index (κ1) is 17.7. The third kappa shape index (κ3) is 4.01. The molecule has 5 nitrogen and oxygen atoms in total. The second kappa shape index (κ2) is 7.52. The van der Waals surface area contributed by atoms with Crippen molar-refractivity contribution in [3.05, 3.63) is 46.4 Å². The summed E-state index contributed by atoms with van der Waals surface area (Å²) in [6.45, 7) is 0. The van der Waals surface area contributed by atoms with Gasteiger partial charge in [-0.3, -0.25) is 4.79 Å². The van der Waals surface area contributed by atoms with Crippen LogP contribution in [-0.4, -0.2) is 27.3 Å². The van der Waals surface area contributed by atoms with Crippen LogP contribution in [0.3, 0.4) is 0 Å². The van der Waals surface area contributed by atoms with Gasteiger partial charge >= 0.3 is 0 Å². The van der Waals surface area contributed by atoms with Crippen LogP contribution >= 0.6 is 46.7 Å². The SMILES string of the molecule is O=C(CSc1nc2cc(Cl)ccc2o1)CSc1nc2cc(Cl)ccc2o1. The molecule has 0 N–H and O–H groups in total. The number of hydrogen-bond acceptors (Lipinski definition) is 7. The third-order valence-electron chi connectivity index (χ3n) is 3.37. The van der Waals surface area contributed by atoms with E-state index in [2.05, 4.69) is 9.97 Å². The van der Waals surface area contributed by atoms with Crippen LogP contribution in [0.4, 0.5) is 0 Å². The van der Waals surface area contributed by atoms with Gasteiger partial charge in [-0.2, -0.15) is 0 Å².